The van der Waals surface area contributed by atoms with Crippen molar-refractivity contribution in [2.75, 3.05) is 13.2 Å². The third-order valence-corrected chi connectivity index (χ3v) is 3.09. The molecule has 0 aliphatic heterocycles. The highest BCUT2D eigenvalue weighted by Gasteiger charge is 2.15. The fourth-order valence-corrected chi connectivity index (χ4v) is 1.91. The van der Waals surface area contributed by atoms with Crippen LogP contribution in [0.15, 0.2) is 54.6 Å². The summed E-state index contributed by atoms with van der Waals surface area (Å²) in [6.07, 6.45) is -0.693. The summed E-state index contributed by atoms with van der Waals surface area (Å²) in [5.41, 5.74) is 0.402. The maximum atomic E-state index is 12.0. The van der Waals surface area contributed by atoms with Gasteiger partial charge in [-0.15, -0.1) is 0 Å². The molecule has 0 saturated heterocycles. The first-order valence-electron chi connectivity index (χ1n) is 7.32. The molecule has 1 amide bonds. The molecule has 0 bridgehead atoms. The molecule has 2 aromatic carbocycles. The minimum absolute atomic E-state index is 0.255. The van der Waals surface area contributed by atoms with E-state index in [2.05, 4.69) is 5.32 Å². The number of carbonyl (C=O) groups excluding carboxylic acids is 1. The van der Waals surface area contributed by atoms with Crippen LogP contribution < -0.4 is 14.8 Å². The van der Waals surface area contributed by atoms with Gasteiger partial charge in [0.2, 0.25) is 0 Å². The van der Waals surface area contributed by atoms with E-state index in [0.717, 1.165) is 5.75 Å². The Morgan fingerprint density at radius 2 is 1.87 bits per heavy atom. The van der Waals surface area contributed by atoms with E-state index >= 15 is 0 Å². The van der Waals surface area contributed by atoms with Crippen LogP contribution in [-0.2, 0) is 4.79 Å². The lowest BCUT2D eigenvalue weighted by Gasteiger charge is -2.15. The molecule has 1 N–H and O–H groups in total. The van der Waals surface area contributed by atoms with Gasteiger partial charge in [0, 0.05) is 0 Å². The second-order valence-electron chi connectivity index (χ2n) is 4.82. The van der Waals surface area contributed by atoms with Crippen LogP contribution in [0, 0.1) is 11.3 Å². The van der Waals surface area contributed by atoms with Crippen molar-refractivity contribution in [2.24, 2.45) is 0 Å². The molecule has 0 aliphatic rings. The molecule has 118 valence electrons. The maximum Gasteiger partial charge on any atom is 0.260 e. The summed E-state index contributed by atoms with van der Waals surface area (Å²) >= 11 is 0. The van der Waals surface area contributed by atoms with Crippen LogP contribution >= 0.6 is 0 Å². The molecule has 23 heavy (non-hydrogen) atoms. The van der Waals surface area contributed by atoms with E-state index in [1.807, 2.05) is 36.4 Å². The second kappa shape index (κ2) is 8.44. The molecule has 1 atom stereocenters. The summed E-state index contributed by atoms with van der Waals surface area (Å²) in [4.78, 5) is 12.0. The zero-order valence-electron chi connectivity index (χ0n) is 12.9. The zero-order chi connectivity index (χ0) is 16.5. The number of rotatable bonds is 7. The first-order valence-corrected chi connectivity index (χ1v) is 7.32. The van der Waals surface area contributed by atoms with E-state index in [-0.39, 0.29) is 5.91 Å². The van der Waals surface area contributed by atoms with Crippen molar-refractivity contribution in [1.29, 1.82) is 5.26 Å². The highest BCUT2D eigenvalue weighted by atomic mass is 16.5. The topological polar surface area (TPSA) is 71.3 Å². The zero-order valence-corrected chi connectivity index (χ0v) is 12.9. The summed E-state index contributed by atoms with van der Waals surface area (Å²) < 4.78 is 11.0. The van der Waals surface area contributed by atoms with Crippen LogP contribution in [-0.4, -0.2) is 25.2 Å². The lowest BCUT2D eigenvalue weighted by atomic mass is 10.2. The van der Waals surface area contributed by atoms with E-state index in [9.17, 15) is 4.79 Å². The molecule has 5 heteroatoms. The highest BCUT2D eigenvalue weighted by Crippen LogP contribution is 2.18. The Bertz CT molecular complexity index is 680. The summed E-state index contributed by atoms with van der Waals surface area (Å²) in [7, 11) is 0. The normalized spacial score (nSPS) is 11.1. The Kier molecular flexibility index (Phi) is 6.01. The molecule has 0 aliphatic carbocycles. The van der Waals surface area contributed by atoms with Crippen LogP contribution in [0.25, 0.3) is 0 Å². The van der Waals surface area contributed by atoms with Gasteiger partial charge in [-0.2, -0.15) is 5.26 Å². The largest absolute Gasteiger partial charge is 0.492 e. The number of nitrogens with zero attached hydrogens (tertiary/aromatic N) is 1. The predicted molar refractivity (Wildman–Crippen MR) is 86.2 cm³/mol. The fourth-order valence-electron chi connectivity index (χ4n) is 1.91. The van der Waals surface area contributed by atoms with Gasteiger partial charge in [-0.05, 0) is 31.2 Å². The predicted octanol–water partition coefficient (Wildman–Crippen LogP) is 2.52. The molecule has 0 radical (unpaired) electrons. The van der Waals surface area contributed by atoms with Crippen molar-refractivity contribution < 1.29 is 14.3 Å². The van der Waals surface area contributed by atoms with E-state index < -0.39 is 6.10 Å². The number of nitrogens with one attached hydrogen (secondary N) is 1. The third kappa shape index (κ3) is 5.04. The third-order valence-electron chi connectivity index (χ3n) is 3.09. The van der Waals surface area contributed by atoms with Gasteiger partial charge in [0.05, 0.1) is 12.1 Å². The number of hydrogen-bond acceptors (Lipinski definition) is 4. The smallest absolute Gasteiger partial charge is 0.260 e. The Labute approximate surface area is 135 Å². The lowest BCUT2D eigenvalue weighted by Crippen LogP contribution is -2.38. The number of ether oxygens (including phenoxy) is 2. The van der Waals surface area contributed by atoms with Gasteiger partial charge < -0.3 is 14.8 Å². The van der Waals surface area contributed by atoms with Crippen molar-refractivity contribution in [3.05, 3.63) is 60.2 Å². The average Bonchev–Trinajstić information content (AvgIpc) is 2.60. The Morgan fingerprint density at radius 3 is 2.61 bits per heavy atom. The molecular weight excluding hydrogens is 292 g/mol. The maximum absolute atomic E-state index is 12.0. The summed E-state index contributed by atoms with van der Waals surface area (Å²) in [5, 5.41) is 11.7. The molecule has 1 unspecified atom stereocenters. The first-order chi connectivity index (χ1) is 11.2. The summed E-state index contributed by atoms with van der Waals surface area (Å²) in [5.74, 6) is 0.904. The van der Waals surface area contributed by atoms with Gasteiger partial charge in [0.15, 0.2) is 6.10 Å². The Morgan fingerprint density at radius 1 is 1.17 bits per heavy atom. The van der Waals surface area contributed by atoms with Crippen molar-refractivity contribution in [3.8, 4) is 17.6 Å². The van der Waals surface area contributed by atoms with Crippen molar-refractivity contribution in [2.45, 2.75) is 13.0 Å². The number of carbonyl (C=O) groups is 1. The fraction of sp³-hybridized carbons (Fsp3) is 0.222. The molecule has 0 heterocycles. The summed E-state index contributed by atoms with van der Waals surface area (Å²) in [6.45, 7) is 2.39. The molecule has 0 spiro atoms. The van der Waals surface area contributed by atoms with Gasteiger partial charge in [-0.1, -0.05) is 30.3 Å². The molecule has 0 saturated carbocycles. The van der Waals surface area contributed by atoms with Crippen LogP contribution in [0.2, 0.25) is 0 Å². The van der Waals surface area contributed by atoms with E-state index in [1.165, 1.54) is 0 Å². The molecular formula is C18H18N2O3. The molecule has 2 rings (SSSR count). The number of benzene rings is 2. The monoisotopic (exact) mass is 310 g/mol. The minimum atomic E-state index is -0.693. The van der Waals surface area contributed by atoms with Crippen molar-refractivity contribution >= 4 is 5.91 Å². The lowest BCUT2D eigenvalue weighted by molar-refractivity contribution is -0.127. The van der Waals surface area contributed by atoms with Crippen molar-refractivity contribution in [3.63, 3.8) is 0 Å². The number of amides is 1. The molecule has 5 nitrogen and oxygen atoms in total. The van der Waals surface area contributed by atoms with E-state index in [0.29, 0.717) is 24.5 Å². The quantitative estimate of drug-likeness (QED) is 0.798. The van der Waals surface area contributed by atoms with Gasteiger partial charge >= 0.3 is 0 Å². The second-order valence-corrected chi connectivity index (χ2v) is 4.82. The number of para-hydroxylation sites is 2. The Hall–Kier alpha value is -3.00. The van der Waals surface area contributed by atoms with Gasteiger partial charge in [0.1, 0.15) is 24.2 Å². The SMILES string of the molecule is CC(Oc1ccccc1C#N)C(=O)NCCOc1ccccc1. The standard InChI is InChI=1S/C18H18N2O3/c1-14(23-17-10-6-5-7-15(17)13-19)18(21)20-11-12-22-16-8-3-2-4-9-16/h2-10,14H,11-12H2,1H3,(H,20,21). The van der Waals surface area contributed by atoms with E-state index in [1.54, 1.807) is 31.2 Å². The van der Waals surface area contributed by atoms with E-state index in [4.69, 9.17) is 14.7 Å². The van der Waals surface area contributed by atoms with Gasteiger partial charge in [-0.25, -0.2) is 0 Å². The first kappa shape index (κ1) is 16.4. The summed E-state index contributed by atoms with van der Waals surface area (Å²) in [6, 6.07) is 18.2. The average molecular weight is 310 g/mol. The van der Waals surface area contributed by atoms with Crippen LogP contribution in [0.1, 0.15) is 12.5 Å². The molecule has 0 fully saturated rings. The highest BCUT2D eigenvalue weighted by molar-refractivity contribution is 5.80. The molecule has 2 aromatic rings. The van der Waals surface area contributed by atoms with Crippen LogP contribution in [0.4, 0.5) is 0 Å². The Balaban J connectivity index is 1.76. The van der Waals surface area contributed by atoms with Crippen LogP contribution in [0.3, 0.4) is 0 Å². The molecule has 0 aromatic heterocycles. The van der Waals surface area contributed by atoms with Crippen molar-refractivity contribution in [1.82, 2.24) is 5.32 Å². The minimum Gasteiger partial charge on any atom is -0.492 e. The number of nitriles is 1. The van der Waals surface area contributed by atoms with Gasteiger partial charge in [0.25, 0.3) is 5.91 Å². The van der Waals surface area contributed by atoms with Gasteiger partial charge in [-0.3, -0.25) is 4.79 Å². The number of hydrogen-bond donors (Lipinski definition) is 1. The van der Waals surface area contributed by atoms with Crippen LogP contribution in [0.5, 0.6) is 11.5 Å².